The Labute approximate surface area is 147 Å². The normalized spacial score (nSPS) is 21.2. The predicted octanol–water partition coefficient (Wildman–Crippen LogP) is 0.832. The van der Waals surface area contributed by atoms with Gasteiger partial charge in [0.2, 0.25) is 10.0 Å². The minimum Gasteiger partial charge on any atom is -0.327 e. The summed E-state index contributed by atoms with van der Waals surface area (Å²) >= 11 is 0. The van der Waals surface area contributed by atoms with Gasteiger partial charge >= 0.3 is 0 Å². The zero-order valence-electron chi connectivity index (χ0n) is 13.5. The molecule has 0 bridgehead atoms. The van der Waals surface area contributed by atoms with Gasteiger partial charge in [-0.25, -0.2) is 13.1 Å². The quantitative estimate of drug-likeness (QED) is 0.855. The number of sulfonamides is 1. The molecule has 0 radical (unpaired) electrons. The van der Waals surface area contributed by atoms with E-state index in [4.69, 9.17) is 5.73 Å². The summed E-state index contributed by atoms with van der Waals surface area (Å²) in [5, 5.41) is 10.9. The maximum atomic E-state index is 12.9. The summed E-state index contributed by atoms with van der Waals surface area (Å²) in [5.74, 6) is 0. The average molecular weight is 373 g/mol. The molecule has 8 nitrogen and oxygen atoms in total. The van der Waals surface area contributed by atoms with Gasteiger partial charge < -0.3 is 5.73 Å². The highest BCUT2D eigenvalue weighted by atomic mass is 35.5. The van der Waals surface area contributed by atoms with E-state index in [2.05, 4.69) is 15.5 Å². The van der Waals surface area contributed by atoms with Crippen molar-refractivity contribution in [3.8, 4) is 5.69 Å². The summed E-state index contributed by atoms with van der Waals surface area (Å²) in [6, 6.07) is 6.61. The van der Waals surface area contributed by atoms with E-state index in [-0.39, 0.29) is 28.8 Å². The van der Waals surface area contributed by atoms with Crippen LogP contribution in [0.2, 0.25) is 0 Å². The molecule has 1 aromatic carbocycles. The summed E-state index contributed by atoms with van der Waals surface area (Å²) in [6.45, 7) is 4.83. The number of nitrogens with two attached hydrogens (primary N) is 1. The van der Waals surface area contributed by atoms with Crippen LogP contribution in [-0.4, -0.2) is 52.1 Å². The van der Waals surface area contributed by atoms with Crippen molar-refractivity contribution in [2.45, 2.75) is 31.2 Å². The summed E-state index contributed by atoms with van der Waals surface area (Å²) in [5.41, 5.74) is 6.45. The lowest BCUT2D eigenvalue weighted by Gasteiger charge is -2.41. The van der Waals surface area contributed by atoms with Crippen LogP contribution in [0.4, 0.5) is 0 Å². The van der Waals surface area contributed by atoms with Crippen LogP contribution in [0.25, 0.3) is 5.69 Å². The van der Waals surface area contributed by atoms with Crippen LogP contribution in [0.5, 0.6) is 0 Å². The Balaban J connectivity index is 0.00000208. The van der Waals surface area contributed by atoms with Crippen molar-refractivity contribution in [2.24, 2.45) is 11.1 Å². The van der Waals surface area contributed by atoms with Gasteiger partial charge in [-0.2, -0.15) is 4.31 Å². The molecule has 2 aromatic rings. The fraction of sp³-hybridized carbons (Fsp3) is 0.500. The zero-order chi connectivity index (χ0) is 16.7. The molecule has 2 heterocycles. The van der Waals surface area contributed by atoms with Crippen molar-refractivity contribution in [3.63, 3.8) is 0 Å². The molecule has 1 atom stereocenters. The lowest BCUT2D eigenvalue weighted by molar-refractivity contribution is 0.155. The van der Waals surface area contributed by atoms with Crippen molar-refractivity contribution >= 4 is 22.4 Å². The number of hydrogen-bond donors (Lipinski definition) is 1. The first-order chi connectivity index (χ1) is 10.8. The number of benzene rings is 1. The molecule has 3 rings (SSSR count). The summed E-state index contributed by atoms with van der Waals surface area (Å²) in [6.07, 6.45) is 2.08. The van der Waals surface area contributed by atoms with Gasteiger partial charge in [-0.15, -0.1) is 17.5 Å². The Morgan fingerprint density at radius 2 is 2.08 bits per heavy atom. The maximum Gasteiger partial charge on any atom is 0.243 e. The highest BCUT2D eigenvalue weighted by Gasteiger charge is 2.38. The first-order valence-corrected chi connectivity index (χ1v) is 8.84. The van der Waals surface area contributed by atoms with Gasteiger partial charge in [0.05, 0.1) is 10.6 Å². The Kier molecular flexibility index (Phi) is 5.28. The molecule has 1 aromatic heterocycles. The van der Waals surface area contributed by atoms with Gasteiger partial charge in [0, 0.05) is 19.1 Å². The minimum absolute atomic E-state index is 0. The summed E-state index contributed by atoms with van der Waals surface area (Å²) < 4.78 is 28.8. The first-order valence-electron chi connectivity index (χ1n) is 7.40. The lowest BCUT2D eigenvalue weighted by atomic mass is 9.81. The fourth-order valence-corrected chi connectivity index (χ4v) is 4.41. The number of rotatable bonds is 3. The van der Waals surface area contributed by atoms with E-state index in [1.54, 1.807) is 24.3 Å². The van der Waals surface area contributed by atoms with Crippen LogP contribution >= 0.6 is 12.4 Å². The van der Waals surface area contributed by atoms with E-state index >= 15 is 0 Å². The molecule has 1 fully saturated rings. The van der Waals surface area contributed by atoms with E-state index < -0.39 is 10.0 Å². The van der Waals surface area contributed by atoms with E-state index in [0.29, 0.717) is 25.2 Å². The molecule has 0 amide bonds. The number of halogens is 1. The number of tetrazole rings is 1. The Morgan fingerprint density at radius 3 is 2.71 bits per heavy atom. The van der Waals surface area contributed by atoms with E-state index in [1.165, 1.54) is 15.3 Å². The van der Waals surface area contributed by atoms with Crippen LogP contribution in [0.1, 0.15) is 20.3 Å². The van der Waals surface area contributed by atoms with Gasteiger partial charge in [0.25, 0.3) is 0 Å². The van der Waals surface area contributed by atoms with E-state index in [1.807, 2.05) is 13.8 Å². The SMILES string of the molecule is CC1(C)CN(S(=O)(=O)c2cccc(-n3cnnn3)c2)CCC1N.Cl. The number of piperidine rings is 1. The van der Waals surface area contributed by atoms with Crippen LogP contribution in [-0.2, 0) is 10.0 Å². The standard InChI is InChI=1S/C14H20N6O2S.ClH/c1-14(2)9-19(7-6-13(14)15)23(21,22)12-5-3-4-11(8-12)20-10-16-17-18-20;/h3-5,8,10,13H,6-7,9,15H2,1-2H3;1H. The van der Waals surface area contributed by atoms with Crippen molar-refractivity contribution in [2.75, 3.05) is 13.1 Å². The third-order valence-corrected chi connectivity index (χ3v) is 6.19. The van der Waals surface area contributed by atoms with Gasteiger partial charge in [-0.3, -0.25) is 0 Å². The van der Waals surface area contributed by atoms with Gasteiger partial charge in [0.1, 0.15) is 6.33 Å². The summed E-state index contributed by atoms with van der Waals surface area (Å²) in [4.78, 5) is 0.233. The van der Waals surface area contributed by atoms with Crippen LogP contribution in [0.15, 0.2) is 35.5 Å². The molecule has 1 aliphatic heterocycles. The maximum absolute atomic E-state index is 12.9. The number of aromatic nitrogens is 4. The molecule has 0 spiro atoms. The second-order valence-corrected chi connectivity index (χ2v) is 8.41. The second-order valence-electron chi connectivity index (χ2n) is 6.47. The van der Waals surface area contributed by atoms with Crippen LogP contribution < -0.4 is 5.73 Å². The van der Waals surface area contributed by atoms with Gasteiger partial charge in [-0.1, -0.05) is 19.9 Å². The number of hydrogen-bond acceptors (Lipinski definition) is 6. The number of nitrogens with zero attached hydrogens (tertiary/aromatic N) is 5. The zero-order valence-corrected chi connectivity index (χ0v) is 15.2. The lowest BCUT2D eigenvalue weighted by Crippen LogP contribution is -2.53. The third kappa shape index (κ3) is 3.44. The first kappa shape index (κ1) is 18.8. The molecule has 132 valence electrons. The molecule has 0 aliphatic carbocycles. The summed E-state index contributed by atoms with van der Waals surface area (Å²) in [7, 11) is -3.57. The second kappa shape index (κ2) is 6.75. The predicted molar refractivity (Wildman–Crippen MR) is 91.5 cm³/mol. The van der Waals surface area contributed by atoms with E-state index in [0.717, 1.165) is 0 Å². The van der Waals surface area contributed by atoms with Crippen molar-refractivity contribution < 1.29 is 8.42 Å². The van der Waals surface area contributed by atoms with Crippen molar-refractivity contribution in [3.05, 3.63) is 30.6 Å². The Morgan fingerprint density at radius 1 is 1.33 bits per heavy atom. The average Bonchev–Trinajstić information content (AvgIpc) is 3.04. The Hall–Kier alpha value is -1.55. The molecule has 2 N–H and O–H groups in total. The van der Waals surface area contributed by atoms with Crippen LogP contribution in [0, 0.1) is 5.41 Å². The van der Waals surface area contributed by atoms with Gasteiger partial charge in [0.15, 0.2) is 0 Å². The largest absolute Gasteiger partial charge is 0.327 e. The van der Waals surface area contributed by atoms with Crippen molar-refractivity contribution in [1.82, 2.24) is 24.5 Å². The molecule has 1 saturated heterocycles. The molecular formula is C14H21ClN6O2S. The monoisotopic (exact) mass is 372 g/mol. The van der Waals surface area contributed by atoms with Gasteiger partial charge in [-0.05, 0) is 40.5 Å². The molecule has 24 heavy (non-hydrogen) atoms. The third-order valence-electron chi connectivity index (χ3n) is 4.35. The molecule has 1 aliphatic rings. The van der Waals surface area contributed by atoms with Crippen molar-refractivity contribution in [1.29, 1.82) is 0 Å². The topological polar surface area (TPSA) is 107 Å². The highest BCUT2D eigenvalue weighted by molar-refractivity contribution is 7.89. The fourth-order valence-electron chi connectivity index (χ4n) is 2.74. The van der Waals surface area contributed by atoms with E-state index in [9.17, 15) is 8.42 Å². The minimum atomic E-state index is -3.57. The smallest absolute Gasteiger partial charge is 0.243 e. The van der Waals surface area contributed by atoms with Crippen LogP contribution in [0.3, 0.4) is 0 Å². The molecule has 0 saturated carbocycles. The molecule has 1 unspecified atom stereocenters. The molecular weight excluding hydrogens is 352 g/mol. The highest BCUT2D eigenvalue weighted by Crippen LogP contribution is 2.31. The molecule has 10 heteroatoms. The Bertz CT molecular complexity index is 793.